The number of diazo groups is 1. The molecule has 0 amide bonds. The highest BCUT2D eigenvalue weighted by atomic mass is 16.8. The maximum absolute atomic E-state index is 11.5. The van der Waals surface area contributed by atoms with E-state index in [0.717, 1.165) is 0 Å². The van der Waals surface area contributed by atoms with Crippen molar-refractivity contribution in [2.75, 3.05) is 6.61 Å². The molecule has 1 aliphatic heterocycles. The Bertz CT molecular complexity index is 491. The van der Waals surface area contributed by atoms with Crippen LogP contribution in [0.4, 0.5) is 0 Å². The molecule has 1 aliphatic rings. The number of hydrogen-bond donors (Lipinski definition) is 1. The molecule has 8 nitrogen and oxygen atoms in total. The van der Waals surface area contributed by atoms with Crippen molar-refractivity contribution in [2.24, 2.45) is 0 Å². The van der Waals surface area contributed by atoms with E-state index >= 15 is 0 Å². The van der Waals surface area contributed by atoms with Gasteiger partial charge in [0.25, 0.3) is 0 Å². The number of rotatable bonds is 4. The van der Waals surface area contributed by atoms with Gasteiger partial charge in [0.2, 0.25) is 11.2 Å². The Balaban J connectivity index is 3.15. The number of esters is 1. The molecule has 1 fully saturated rings. The molecule has 8 heteroatoms. The number of ketones is 1. The number of nitrogens with zero attached hydrogens (tertiary/aromatic N) is 2. The SMILES string of the molecule is CCOC(=O)/C([N+]#N)=C(\O)[C@@H]1OC(C)(C)O[C@H]1C(C)=O. The minimum absolute atomic E-state index is 0.0365. The van der Waals surface area contributed by atoms with Crippen LogP contribution in [0.5, 0.6) is 0 Å². The quantitative estimate of drug-likeness (QED) is 0.358. The van der Waals surface area contributed by atoms with Gasteiger partial charge in [-0.1, -0.05) is 0 Å². The summed E-state index contributed by atoms with van der Waals surface area (Å²) in [5, 5.41) is 18.9. The Morgan fingerprint density at radius 2 is 1.90 bits per heavy atom. The Hall–Kier alpha value is -1.98. The molecule has 2 atom stereocenters. The van der Waals surface area contributed by atoms with Crippen molar-refractivity contribution in [3.05, 3.63) is 16.4 Å². The summed E-state index contributed by atoms with van der Waals surface area (Å²) >= 11 is 0. The highest BCUT2D eigenvalue weighted by Gasteiger charge is 2.50. The first-order valence-corrected chi connectivity index (χ1v) is 6.05. The van der Waals surface area contributed by atoms with Gasteiger partial charge in [0, 0.05) is 0 Å². The fourth-order valence-electron chi connectivity index (χ4n) is 1.79. The number of Topliss-reactive ketones (excluding diaryl/α,β-unsaturated/α-hetero) is 1. The van der Waals surface area contributed by atoms with Crippen molar-refractivity contribution in [1.29, 1.82) is 5.39 Å². The van der Waals surface area contributed by atoms with Crippen molar-refractivity contribution in [3.63, 3.8) is 0 Å². The Morgan fingerprint density at radius 3 is 2.35 bits per heavy atom. The summed E-state index contributed by atoms with van der Waals surface area (Å²) in [6, 6.07) is 0. The van der Waals surface area contributed by atoms with E-state index in [1.807, 2.05) is 0 Å². The highest BCUT2D eigenvalue weighted by molar-refractivity contribution is 5.91. The van der Waals surface area contributed by atoms with Gasteiger partial charge in [-0.15, -0.1) is 0 Å². The topological polar surface area (TPSA) is 110 Å². The van der Waals surface area contributed by atoms with Gasteiger partial charge in [-0.25, -0.2) is 4.79 Å². The molecule has 0 aromatic rings. The lowest BCUT2D eigenvalue weighted by atomic mass is 10.1. The second kappa shape index (κ2) is 5.98. The molecule has 1 saturated heterocycles. The zero-order chi connectivity index (χ0) is 15.5. The van der Waals surface area contributed by atoms with Crippen molar-refractivity contribution < 1.29 is 28.9 Å². The summed E-state index contributed by atoms with van der Waals surface area (Å²) in [6.45, 7) is 5.96. The molecule has 0 unspecified atom stereocenters. The van der Waals surface area contributed by atoms with Gasteiger partial charge in [-0.05, 0) is 27.7 Å². The molecule has 0 radical (unpaired) electrons. The van der Waals surface area contributed by atoms with Crippen LogP contribution in [-0.2, 0) is 23.8 Å². The summed E-state index contributed by atoms with van der Waals surface area (Å²) in [4.78, 5) is 25.7. The van der Waals surface area contributed by atoms with Crippen LogP contribution < -0.4 is 0 Å². The summed E-state index contributed by atoms with van der Waals surface area (Å²) in [5.74, 6) is -3.25. The van der Waals surface area contributed by atoms with Gasteiger partial charge in [0.1, 0.15) is 0 Å². The van der Waals surface area contributed by atoms with Crippen LogP contribution in [0.15, 0.2) is 11.5 Å². The second-order valence-corrected chi connectivity index (χ2v) is 4.64. The maximum Gasteiger partial charge on any atom is 0.508 e. The summed E-state index contributed by atoms with van der Waals surface area (Å²) in [5.41, 5.74) is -0.718. The zero-order valence-electron chi connectivity index (χ0n) is 11.7. The molecule has 20 heavy (non-hydrogen) atoms. The first kappa shape index (κ1) is 16.1. The molecule has 0 aromatic heterocycles. The lowest BCUT2D eigenvalue weighted by molar-refractivity contribution is -0.153. The van der Waals surface area contributed by atoms with Crippen molar-refractivity contribution >= 4 is 11.8 Å². The zero-order valence-corrected chi connectivity index (χ0v) is 11.7. The number of aliphatic hydroxyl groups excluding tert-OH is 1. The van der Waals surface area contributed by atoms with Crippen LogP contribution >= 0.6 is 0 Å². The maximum atomic E-state index is 11.5. The van der Waals surface area contributed by atoms with Gasteiger partial charge in [-0.2, -0.15) is 0 Å². The van der Waals surface area contributed by atoms with E-state index in [0.29, 0.717) is 0 Å². The number of carbonyl (C=O) groups excluding carboxylic acids is 2. The molecule has 1 heterocycles. The molecule has 0 bridgehead atoms. The smallest absolute Gasteiger partial charge is 0.503 e. The average Bonchev–Trinajstić information content (AvgIpc) is 2.66. The Kier molecular flexibility index (Phi) is 4.81. The number of aliphatic hydroxyl groups is 1. The number of ether oxygens (including phenoxy) is 3. The van der Waals surface area contributed by atoms with E-state index in [4.69, 9.17) is 14.9 Å². The van der Waals surface area contributed by atoms with E-state index in [1.165, 1.54) is 6.92 Å². The first-order valence-electron chi connectivity index (χ1n) is 6.05. The molecular formula is C12H17N2O6+. The van der Waals surface area contributed by atoms with E-state index in [9.17, 15) is 14.7 Å². The van der Waals surface area contributed by atoms with Gasteiger partial charge in [0.05, 0.1) is 6.61 Å². The third-order valence-electron chi connectivity index (χ3n) is 2.58. The van der Waals surface area contributed by atoms with Crippen LogP contribution in [0.25, 0.3) is 4.98 Å². The minimum Gasteiger partial charge on any atom is -0.503 e. The monoisotopic (exact) mass is 285 g/mol. The van der Waals surface area contributed by atoms with Gasteiger partial charge in [0.15, 0.2) is 28.8 Å². The van der Waals surface area contributed by atoms with Crippen LogP contribution in [0, 0.1) is 5.39 Å². The normalized spacial score (nSPS) is 25.6. The van der Waals surface area contributed by atoms with Gasteiger partial charge < -0.3 is 19.3 Å². The van der Waals surface area contributed by atoms with E-state index in [2.05, 4.69) is 9.71 Å². The third kappa shape index (κ3) is 3.31. The van der Waals surface area contributed by atoms with E-state index in [1.54, 1.807) is 20.8 Å². The number of hydrogen-bond acceptors (Lipinski definition) is 7. The van der Waals surface area contributed by atoms with Crippen molar-refractivity contribution in [3.8, 4) is 0 Å². The fourth-order valence-corrected chi connectivity index (χ4v) is 1.79. The first-order chi connectivity index (χ1) is 9.23. The predicted octanol–water partition coefficient (Wildman–Crippen LogP) is 1.28. The second-order valence-electron chi connectivity index (χ2n) is 4.64. The lowest BCUT2D eigenvalue weighted by Gasteiger charge is -2.15. The van der Waals surface area contributed by atoms with Gasteiger partial charge >= 0.3 is 11.7 Å². The van der Waals surface area contributed by atoms with Crippen molar-refractivity contribution in [1.82, 2.24) is 0 Å². The van der Waals surface area contributed by atoms with Crippen LogP contribution in [0.3, 0.4) is 0 Å². The average molecular weight is 285 g/mol. The van der Waals surface area contributed by atoms with Crippen LogP contribution in [0.2, 0.25) is 0 Å². The predicted molar refractivity (Wildman–Crippen MR) is 65.9 cm³/mol. The molecular weight excluding hydrogens is 268 g/mol. The molecule has 0 spiro atoms. The molecule has 0 saturated carbocycles. The summed E-state index contributed by atoms with van der Waals surface area (Å²) < 4.78 is 15.3. The molecule has 0 aliphatic carbocycles. The molecule has 0 aromatic carbocycles. The third-order valence-corrected chi connectivity index (χ3v) is 2.58. The number of carbonyl (C=O) groups is 2. The van der Waals surface area contributed by atoms with Crippen molar-refractivity contribution in [2.45, 2.75) is 45.7 Å². The highest BCUT2D eigenvalue weighted by Crippen LogP contribution is 2.33. The standard InChI is InChI=1S/C12H16N2O6/c1-5-18-11(17)7(14-13)8(16)10-9(6(2)15)19-12(3,4)20-10/h9-10H,5H2,1-4H3/p+1/t9-,10-/m0/s1. The largest absolute Gasteiger partial charge is 0.508 e. The Labute approximate surface area is 115 Å². The van der Waals surface area contributed by atoms with Crippen LogP contribution in [-0.4, -0.2) is 41.5 Å². The van der Waals surface area contributed by atoms with Crippen LogP contribution in [0.1, 0.15) is 27.7 Å². The Morgan fingerprint density at radius 1 is 1.35 bits per heavy atom. The fraction of sp³-hybridized carbons (Fsp3) is 0.667. The molecule has 1 N–H and O–H groups in total. The van der Waals surface area contributed by atoms with E-state index in [-0.39, 0.29) is 6.61 Å². The lowest BCUT2D eigenvalue weighted by Crippen LogP contribution is -2.32. The molecule has 110 valence electrons. The van der Waals surface area contributed by atoms with E-state index < -0.39 is 41.2 Å². The van der Waals surface area contributed by atoms with Gasteiger partial charge in [-0.3, -0.25) is 4.79 Å². The summed E-state index contributed by atoms with van der Waals surface area (Å²) in [7, 11) is 0. The summed E-state index contributed by atoms with van der Waals surface area (Å²) in [6.07, 6.45) is -2.34. The minimum atomic E-state index is -1.24. The molecule has 1 rings (SSSR count).